The molecule has 1 aliphatic heterocycles. The van der Waals surface area contributed by atoms with E-state index in [0.717, 1.165) is 31.7 Å². The van der Waals surface area contributed by atoms with Gasteiger partial charge in [-0.15, -0.1) is 0 Å². The molecule has 0 saturated carbocycles. The van der Waals surface area contributed by atoms with Gasteiger partial charge in [-0.05, 0) is 26.0 Å². The highest BCUT2D eigenvalue weighted by Crippen LogP contribution is 2.13. The molecule has 1 fully saturated rings. The van der Waals surface area contributed by atoms with Crippen molar-refractivity contribution in [2.75, 3.05) is 26.2 Å². The fraction of sp³-hybridized carbons (Fsp3) is 0.533. The van der Waals surface area contributed by atoms with E-state index in [1.165, 1.54) is 0 Å². The maximum Gasteiger partial charge on any atom is 0.150 e. The molecule has 2 rings (SSSR count). The van der Waals surface area contributed by atoms with E-state index in [2.05, 4.69) is 18.7 Å². The highest BCUT2D eigenvalue weighted by Gasteiger charge is 2.21. The zero-order valence-electron chi connectivity index (χ0n) is 11.5. The van der Waals surface area contributed by atoms with Crippen LogP contribution in [0, 0.1) is 0 Å². The van der Waals surface area contributed by atoms with E-state index >= 15 is 0 Å². The third-order valence-electron chi connectivity index (χ3n) is 3.17. The molecule has 4 nitrogen and oxygen atoms in total. The Hall–Kier alpha value is -1.39. The molecular formula is C15H21NO3. The fourth-order valence-electron chi connectivity index (χ4n) is 2.44. The molecule has 0 amide bonds. The van der Waals surface area contributed by atoms with Crippen LogP contribution in [-0.2, 0) is 4.74 Å². The largest absolute Gasteiger partial charge is 0.492 e. The lowest BCUT2D eigenvalue weighted by atomic mass is 10.2. The molecule has 0 bridgehead atoms. The number of carbonyl (C=O) groups excluding carboxylic acids is 1. The van der Waals surface area contributed by atoms with Crippen molar-refractivity contribution in [1.29, 1.82) is 0 Å². The molecule has 1 aliphatic rings. The monoisotopic (exact) mass is 263 g/mol. The van der Waals surface area contributed by atoms with Crippen LogP contribution in [0.3, 0.4) is 0 Å². The first-order chi connectivity index (χ1) is 9.17. The van der Waals surface area contributed by atoms with E-state index in [9.17, 15) is 4.79 Å². The number of morpholine rings is 1. The number of rotatable bonds is 5. The van der Waals surface area contributed by atoms with Gasteiger partial charge >= 0.3 is 0 Å². The maximum absolute atomic E-state index is 10.7. The average molecular weight is 263 g/mol. The van der Waals surface area contributed by atoms with Crippen LogP contribution in [0.25, 0.3) is 0 Å². The topological polar surface area (TPSA) is 38.8 Å². The van der Waals surface area contributed by atoms with Gasteiger partial charge in [-0.2, -0.15) is 0 Å². The van der Waals surface area contributed by atoms with Gasteiger partial charge < -0.3 is 9.47 Å². The highest BCUT2D eigenvalue weighted by molar-refractivity contribution is 5.75. The molecule has 1 heterocycles. The number of nitrogens with zero attached hydrogens (tertiary/aromatic N) is 1. The van der Waals surface area contributed by atoms with Crippen molar-refractivity contribution in [2.24, 2.45) is 0 Å². The van der Waals surface area contributed by atoms with Gasteiger partial charge in [-0.1, -0.05) is 12.1 Å². The lowest BCUT2D eigenvalue weighted by Crippen LogP contribution is -2.46. The first-order valence-electron chi connectivity index (χ1n) is 6.73. The Balaban J connectivity index is 1.78. The first kappa shape index (κ1) is 14.0. The van der Waals surface area contributed by atoms with Gasteiger partial charge in [0.05, 0.1) is 12.2 Å². The first-order valence-corrected chi connectivity index (χ1v) is 6.73. The Bertz CT molecular complexity index is 412. The zero-order chi connectivity index (χ0) is 13.7. The summed E-state index contributed by atoms with van der Waals surface area (Å²) in [5, 5.41) is 0. The summed E-state index contributed by atoms with van der Waals surface area (Å²) in [5.41, 5.74) is 0.645. The minimum absolute atomic E-state index is 0.280. The lowest BCUT2D eigenvalue weighted by molar-refractivity contribution is -0.0699. The van der Waals surface area contributed by atoms with Crippen LogP contribution in [0.5, 0.6) is 5.75 Å². The molecule has 4 heteroatoms. The third-order valence-corrected chi connectivity index (χ3v) is 3.17. The SMILES string of the molecule is C[C@@H]1CN(CCOc2cccc(C=O)c2)C[C@@H](C)O1. The number of hydrogen-bond acceptors (Lipinski definition) is 4. The van der Waals surface area contributed by atoms with Gasteiger partial charge in [-0.25, -0.2) is 0 Å². The molecule has 104 valence electrons. The van der Waals surface area contributed by atoms with Crippen molar-refractivity contribution >= 4 is 6.29 Å². The van der Waals surface area contributed by atoms with Crippen LogP contribution in [0.2, 0.25) is 0 Å². The van der Waals surface area contributed by atoms with Crippen LogP contribution in [0.4, 0.5) is 0 Å². The molecule has 0 N–H and O–H groups in total. The van der Waals surface area contributed by atoms with E-state index in [-0.39, 0.29) is 12.2 Å². The second-order valence-electron chi connectivity index (χ2n) is 5.06. The average Bonchev–Trinajstić information content (AvgIpc) is 2.38. The van der Waals surface area contributed by atoms with Gasteiger partial charge in [0.1, 0.15) is 18.6 Å². The van der Waals surface area contributed by atoms with Gasteiger partial charge in [0, 0.05) is 25.2 Å². The second-order valence-corrected chi connectivity index (χ2v) is 5.06. The molecule has 0 radical (unpaired) electrons. The summed E-state index contributed by atoms with van der Waals surface area (Å²) >= 11 is 0. The highest BCUT2D eigenvalue weighted by atomic mass is 16.5. The minimum atomic E-state index is 0.280. The predicted molar refractivity (Wildman–Crippen MR) is 73.8 cm³/mol. The summed E-state index contributed by atoms with van der Waals surface area (Å²) in [6.07, 6.45) is 1.39. The normalized spacial score (nSPS) is 24.1. The van der Waals surface area contributed by atoms with Crippen molar-refractivity contribution in [3.63, 3.8) is 0 Å². The fourth-order valence-corrected chi connectivity index (χ4v) is 2.44. The smallest absolute Gasteiger partial charge is 0.150 e. The number of aldehydes is 1. The van der Waals surface area contributed by atoms with Gasteiger partial charge in [-0.3, -0.25) is 9.69 Å². The Morgan fingerprint density at radius 1 is 1.37 bits per heavy atom. The summed E-state index contributed by atoms with van der Waals surface area (Å²) in [5.74, 6) is 0.749. The van der Waals surface area contributed by atoms with Crippen molar-refractivity contribution < 1.29 is 14.3 Å². The predicted octanol–water partition coefficient (Wildman–Crippen LogP) is 1.99. The standard InChI is InChI=1S/C15H21NO3/c1-12-9-16(10-13(2)19-12)6-7-18-15-5-3-4-14(8-15)11-17/h3-5,8,11-13H,6-7,9-10H2,1-2H3/t12-,13-/m1/s1. The van der Waals surface area contributed by atoms with Gasteiger partial charge in [0.2, 0.25) is 0 Å². The Morgan fingerprint density at radius 2 is 2.11 bits per heavy atom. The quantitative estimate of drug-likeness (QED) is 0.762. The Morgan fingerprint density at radius 3 is 2.79 bits per heavy atom. The molecule has 0 aromatic heterocycles. The summed E-state index contributed by atoms with van der Waals surface area (Å²) in [4.78, 5) is 13.0. The van der Waals surface area contributed by atoms with Crippen LogP contribution in [-0.4, -0.2) is 49.6 Å². The minimum Gasteiger partial charge on any atom is -0.492 e. The lowest BCUT2D eigenvalue weighted by Gasteiger charge is -2.35. The van der Waals surface area contributed by atoms with E-state index in [1.807, 2.05) is 12.1 Å². The molecule has 1 aromatic carbocycles. The Kier molecular flexibility index (Phi) is 4.93. The summed E-state index contributed by atoms with van der Waals surface area (Å²) < 4.78 is 11.4. The van der Waals surface area contributed by atoms with Crippen LogP contribution in [0.15, 0.2) is 24.3 Å². The molecular weight excluding hydrogens is 242 g/mol. The molecule has 2 atom stereocenters. The Labute approximate surface area is 114 Å². The third kappa shape index (κ3) is 4.33. The van der Waals surface area contributed by atoms with Crippen molar-refractivity contribution in [1.82, 2.24) is 4.90 Å². The van der Waals surface area contributed by atoms with E-state index in [4.69, 9.17) is 9.47 Å². The van der Waals surface area contributed by atoms with E-state index in [1.54, 1.807) is 12.1 Å². The number of ether oxygens (including phenoxy) is 2. The van der Waals surface area contributed by atoms with E-state index in [0.29, 0.717) is 12.2 Å². The van der Waals surface area contributed by atoms with Crippen LogP contribution in [0.1, 0.15) is 24.2 Å². The summed E-state index contributed by atoms with van der Waals surface area (Å²) in [7, 11) is 0. The molecule has 1 aromatic rings. The molecule has 0 aliphatic carbocycles. The zero-order valence-corrected chi connectivity index (χ0v) is 11.5. The van der Waals surface area contributed by atoms with E-state index < -0.39 is 0 Å². The molecule has 19 heavy (non-hydrogen) atoms. The molecule has 0 spiro atoms. The van der Waals surface area contributed by atoms with Gasteiger partial charge in [0.25, 0.3) is 0 Å². The maximum atomic E-state index is 10.7. The summed E-state index contributed by atoms with van der Waals surface area (Å²) in [6.45, 7) is 7.59. The van der Waals surface area contributed by atoms with Crippen molar-refractivity contribution in [3.8, 4) is 5.75 Å². The van der Waals surface area contributed by atoms with Crippen molar-refractivity contribution in [2.45, 2.75) is 26.1 Å². The number of carbonyl (C=O) groups is 1. The van der Waals surface area contributed by atoms with Crippen molar-refractivity contribution in [3.05, 3.63) is 29.8 Å². The van der Waals surface area contributed by atoms with Gasteiger partial charge in [0.15, 0.2) is 0 Å². The molecule has 1 saturated heterocycles. The second kappa shape index (κ2) is 6.68. The summed E-state index contributed by atoms with van der Waals surface area (Å²) in [6, 6.07) is 7.23. The molecule has 0 unspecified atom stereocenters. The van der Waals surface area contributed by atoms with Crippen LogP contribution < -0.4 is 4.74 Å². The number of benzene rings is 1. The number of hydrogen-bond donors (Lipinski definition) is 0. The van der Waals surface area contributed by atoms with Crippen LogP contribution >= 0.6 is 0 Å².